The van der Waals surface area contributed by atoms with Crippen molar-refractivity contribution in [1.82, 2.24) is 9.97 Å². The molecule has 7 aromatic rings. The Labute approximate surface area is 391 Å². The summed E-state index contributed by atoms with van der Waals surface area (Å²) in [5.74, 6) is 4.86. The van der Waals surface area contributed by atoms with Crippen molar-refractivity contribution >= 4 is 78.8 Å². The average molecular weight is 1080 g/mol. The van der Waals surface area contributed by atoms with Gasteiger partial charge in [-0.15, -0.1) is 0 Å². The molecule has 2 aliphatic heterocycles. The van der Waals surface area contributed by atoms with E-state index < -0.39 is 40.9 Å². The van der Waals surface area contributed by atoms with Crippen LogP contribution in [0, 0.1) is 0 Å². The van der Waals surface area contributed by atoms with Crippen molar-refractivity contribution < 1.29 is 37.9 Å². The number of aromatic nitrogens is 2. The van der Waals surface area contributed by atoms with E-state index in [1.807, 2.05) is 48.5 Å². The molecule has 0 N–H and O–H groups in total. The number of hydrogen-bond donors (Lipinski definition) is 0. The SMILES string of the molecule is COc1ccc(-c2c3nc(c(-c4cc(OC)c(OC)c(OC)c4)c4ccc([te]4)c(-c4cc(OC)c(OC)c(OC)c4)c4nc(c(-c5ccc(OC)cc5)c5ccc2[te]5)C=C4)C=C3)cc1. The Bertz CT molecular complexity index is 2890. The van der Waals surface area contributed by atoms with Crippen molar-refractivity contribution in [3.8, 4) is 90.5 Å². The van der Waals surface area contributed by atoms with E-state index in [1.165, 1.54) is 13.6 Å². The third-order valence-electron chi connectivity index (χ3n) is 11.2. The predicted molar refractivity (Wildman–Crippen MR) is 258 cm³/mol. The van der Waals surface area contributed by atoms with Crippen molar-refractivity contribution in [3.05, 3.63) is 120 Å². The van der Waals surface area contributed by atoms with Gasteiger partial charge in [-0.05, 0) is 0 Å². The van der Waals surface area contributed by atoms with Crippen LogP contribution in [0.1, 0.15) is 22.8 Å². The minimum absolute atomic E-state index is 0.521. The number of benzene rings is 4. The van der Waals surface area contributed by atoms with Gasteiger partial charge in [0.1, 0.15) is 0 Å². The molecule has 3 aromatic heterocycles. The number of hydrogen-bond acceptors (Lipinski definition) is 10. The number of fused-ring (bicyclic) bond motifs is 8. The van der Waals surface area contributed by atoms with Crippen LogP contribution >= 0.6 is 0 Å². The Morgan fingerprint density at radius 1 is 0.312 bits per heavy atom. The molecule has 0 saturated heterocycles. The van der Waals surface area contributed by atoms with E-state index in [9.17, 15) is 0 Å². The molecule has 9 rings (SSSR count). The molecular weight excluding hydrogens is 1040 g/mol. The van der Waals surface area contributed by atoms with E-state index in [1.54, 1.807) is 56.9 Å². The molecule has 322 valence electrons. The first-order valence-corrected chi connectivity index (χ1v) is 24.9. The molecular formula is C52H44N2O8Te2. The summed E-state index contributed by atoms with van der Waals surface area (Å²) in [7, 11) is 13.2. The van der Waals surface area contributed by atoms with Gasteiger partial charge >= 0.3 is 394 Å². The molecule has 5 heterocycles. The molecule has 0 saturated carbocycles. The fourth-order valence-electron chi connectivity index (χ4n) is 8.13. The van der Waals surface area contributed by atoms with Crippen molar-refractivity contribution in [2.45, 2.75) is 0 Å². The van der Waals surface area contributed by atoms with E-state index in [-0.39, 0.29) is 0 Å². The summed E-state index contributed by atoms with van der Waals surface area (Å²) >= 11 is -2.14. The molecule has 0 radical (unpaired) electrons. The monoisotopic (exact) mass is 1080 g/mol. The first-order chi connectivity index (χ1) is 31.3. The van der Waals surface area contributed by atoms with Crippen molar-refractivity contribution in [3.63, 3.8) is 0 Å². The van der Waals surface area contributed by atoms with Gasteiger partial charge in [0.25, 0.3) is 0 Å². The van der Waals surface area contributed by atoms with Crippen LogP contribution in [0.3, 0.4) is 0 Å². The second-order valence-corrected chi connectivity index (χ2v) is 20.7. The van der Waals surface area contributed by atoms with Crippen LogP contribution in [0.2, 0.25) is 0 Å². The van der Waals surface area contributed by atoms with Crippen LogP contribution in [0.15, 0.2) is 97.1 Å². The van der Waals surface area contributed by atoms with Crippen LogP contribution < -0.4 is 37.9 Å². The number of rotatable bonds is 12. The van der Waals surface area contributed by atoms with Gasteiger partial charge < -0.3 is 0 Å². The molecule has 0 aliphatic carbocycles. The molecule has 0 amide bonds. The summed E-state index contributed by atoms with van der Waals surface area (Å²) in [6.07, 6.45) is 8.56. The topological polar surface area (TPSA) is 99.6 Å². The van der Waals surface area contributed by atoms with Gasteiger partial charge in [-0.25, -0.2) is 0 Å². The Balaban J connectivity index is 1.47. The molecule has 0 atom stereocenters. The standard InChI is InChI=1S/C52H44N2O8Te2/c1-55-33-13-9-29(10-14-33)47-35-17-19-37(53-35)49(31-25-39(57-3)51(61-7)40(26-31)58-4)45-23-24-46(64-45)50(32-27-41(59-5)52(62-8)42(28-32)60-6)38-20-18-36(54-38)48(44-22-21-43(47)63-44)30-11-15-34(56-2)16-12-30/h9-28H,1-8H3. The maximum absolute atomic E-state index is 5.91. The Hall–Kier alpha value is -6.14. The predicted octanol–water partition coefficient (Wildman–Crippen LogP) is 10.9. The van der Waals surface area contributed by atoms with Gasteiger partial charge in [0.2, 0.25) is 0 Å². The second kappa shape index (κ2) is 18.5. The third-order valence-corrected chi connectivity index (χ3v) is 17.6. The molecule has 12 heteroatoms. The summed E-state index contributed by atoms with van der Waals surface area (Å²) < 4.78 is 51.3. The van der Waals surface area contributed by atoms with Crippen LogP contribution in [-0.2, 0) is 0 Å². The summed E-state index contributed by atoms with van der Waals surface area (Å²) in [6.45, 7) is 0. The van der Waals surface area contributed by atoms with Gasteiger partial charge in [-0.2, -0.15) is 0 Å². The zero-order chi connectivity index (χ0) is 44.5. The van der Waals surface area contributed by atoms with Gasteiger partial charge in [0.15, 0.2) is 0 Å². The van der Waals surface area contributed by atoms with E-state index in [4.69, 9.17) is 47.9 Å². The van der Waals surface area contributed by atoms with Crippen LogP contribution in [0.5, 0.6) is 46.0 Å². The van der Waals surface area contributed by atoms with Crippen molar-refractivity contribution in [2.24, 2.45) is 0 Å². The second-order valence-electron chi connectivity index (χ2n) is 14.5. The van der Waals surface area contributed by atoms with E-state index >= 15 is 0 Å². The minimum atomic E-state index is -1.14. The quantitative estimate of drug-likeness (QED) is 0.110. The molecule has 0 unspecified atom stereocenters. The summed E-state index contributed by atoms with van der Waals surface area (Å²) in [4.78, 5) is 11.1. The van der Waals surface area contributed by atoms with Gasteiger partial charge in [-0.1, -0.05) is 0 Å². The van der Waals surface area contributed by atoms with Crippen molar-refractivity contribution in [2.75, 3.05) is 56.9 Å². The van der Waals surface area contributed by atoms with Crippen LogP contribution in [0.4, 0.5) is 0 Å². The fourth-order valence-corrected chi connectivity index (χ4v) is 14.7. The first-order valence-electron chi connectivity index (χ1n) is 20.2. The maximum atomic E-state index is 5.91. The Kier molecular flexibility index (Phi) is 12.5. The van der Waals surface area contributed by atoms with Gasteiger partial charge in [0, 0.05) is 0 Å². The molecule has 4 aromatic carbocycles. The van der Waals surface area contributed by atoms with E-state index in [0.717, 1.165) is 78.8 Å². The normalized spacial score (nSPS) is 11.6. The van der Waals surface area contributed by atoms with E-state index in [2.05, 4.69) is 72.8 Å². The number of methoxy groups -OCH3 is 8. The molecule has 8 bridgehead atoms. The molecule has 0 fully saturated rings. The van der Waals surface area contributed by atoms with Crippen LogP contribution in [-0.4, -0.2) is 108 Å². The van der Waals surface area contributed by atoms with E-state index in [0.29, 0.717) is 34.5 Å². The Morgan fingerprint density at radius 2 is 0.594 bits per heavy atom. The number of ether oxygens (including phenoxy) is 8. The zero-order valence-electron chi connectivity index (χ0n) is 36.5. The summed E-state index contributed by atoms with van der Waals surface area (Å²) in [5, 5.41) is 0. The van der Waals surface area contributed by atoms with Gasteiger partial charge in [-0.3, -0.25) is 0 Å². The van der Waals surface area contributed by atoms with Crippen LogP contribution in [0.25, 0.3) is 82.4 Å². The van der Waals surface area contributed by atoms with Gasteiger partial charge in [0.05, 0.1) is 0 Å². The van der Waals surface area contributed by atoms with Crippen molar-refractivity contribution in [1.29, 1.82) is 0 Å². The number of nitrogens with zero attached hydrogens (tertiary/aromatic N) is 2. The fraction of sp³-hybridized carbons (Fsp3) is 0.154. The summed E-state index contributed by atoms with van der Waals surface area (Å²) in [6, 6.07) is 33.6. The molecule has 2 aliphatic rings. The average Bonchev–Trinajstić information content (AvgIpc) is 4.19. The summed E-state index contributed by atoms with van der Waals surface area (Å²) in [5.41, 5.74) is 11.6. The first kappa shape index (κ1) is 43.1. The Morgan fingerprint density at radius 3 is 0.844 bits per heavy atom. The molecule has 10 nitrogen and oxygen atoms in total. The zero-order valence-corrected chi connectivity index (χ0v) is 41.2. The molecule has 64 heavy (non-hydrogen) atoms. The third kappa shape index (κ3) is 7.90. The molecule has 0 spiro atoms.